The topological polar surface area (TPSA) is 167 Å². The Labute approximate surface area is 178 Å². The minimum Gasteiger partial charge on any atom is -0.543 e. The molecule has 0 bridgehead atoms. The molecule has 2 aliphatic rings. The molecule has 2 aliphatic heterocycles. The number of carboxylic acids is 1. The number of carboxylic acid groups (broad SMARTS) is 1. The van der Waals surface area contributed by atoms with E-state index in [1.165, 1.54) is 23.4 Å². The summed E-state index contributed by atoms with van der Waals surface area (Å²) in [6, 6.07) is 0. The molecular formula is C12H13N6NaO5S2. The van der Waals surface area contributed by atoms with Crippen molar-refractivity contribution >= 4 is 41.3 Å². The van der Waals surface area contributed by atoms with Gasteiger partial charge in [0.15, 0.2) is 0 Å². The van der Waals surface area contributed by atoms with E-state index in [2.05, 4.69) is 15.5 Å². The van der Waals surface area contributed by atoms with Crippen molar-refractivity contribution in [1.82, 2.24) is 25.1 Å². The molecule has 2 amide bonds. The number of thioether (sulfide) groups is 2. The van der Waals surface area contributed by atoms with E-state index in [0.717, 1.165) is 16.7 Å². The molecule has 11 nitrogen and oxygen atoms in total. The molecule has 3 rings (SSSR count). The maximum absolute atomic E-state index is 12.1. The number of hydrogen-bond acceptors (Lipinski definition) is 10. The molecule has 0 saturated carbocycles. The van der Waals surface area contributed by atoms with Gasteiger partial charge in [-0.1, -0.05) is 11.8 Å². The molecule has 1 unspecified atom stereocenters. The smallest absolute Gasteiger partial charge is 0.543 e. The summed E-state index contributed by atoms with van der Waals surface area (Å²) in [7, 11) is 0. The van der Waals surface area contributed by atoms with Crippen molar-refractivity contribution in [3.05, 3.63) is 10.6 Å². The average molecular weight is 408 g/mol. The predicted molar refractivity (Wildman–Crippen MR) is 83.2 cm³/mol. The van der Waals surface area contributed by atoms with Gasteiger partial charge in [-0.3, -0.25) is 14.5 Å². The zero-order valence-corrected chi connectivity index (χ0v) is 17.5. The quantitative estimate of drug-likeness (QED) is 0.252. The van der Waals surface area contributed by atoms with Gasteiger partial charge < -0.3 is 20.7 Å². The molecule has 0 spiro atoms. The number of amides is 2. The number of primary amides is 1. The van der Waals surface area contributed by atoms with Gasteiger partial charge in [0.1, 0.15) is 11.9 Å². The largest absolute Gasteiger partial charge is 1.00 e. The second-order valence-corrected chi connectivity index (χ2v) is 7.57. The summed E-state index contributed by atoms with van der Waals surface area (Å²) >= 11 is 2.30. The molecule has 14 heteroatoms. The van der Waals surface area contributed by atoms with E-state index in [-0.39, 0.29) is 52.7 Å². The molecule has 3 atom stereocenters. The average Bonchev–Trinajstić information content (AvgIpc) is 3.06. The first-order valence-corrected chi connectivity index (χ1v) is 8.97. The van der Waals surface area contributed by atoms with Crippen LogP contribution >= 0.6 is 23.5 Å². The van der Waals surface area contributed by atoms with E-state index in [1.54, 1.807) is 0 Å². The van der Waals surface area contributed by atoms with Gasteiger partial charge in [-0.15, -0.1) is 16.9 Å². The van der Waals surface area contributed by atoms with E-state index in [9.17, 15) is 24.6 Å². The third kappa shape index (κ3) is 3.77. The van der Waals surface area contributed by atoms with Gasteiger partial charge in [0, 0.05) is 10.7 Å². The SMILES string of the molecule is CC(O)[C@@H]1C(=O)N2C(C(=O)[O-])=C(CSc3nnnn3CC(N)=O)S[C@H]12.[Na+]. The number of aromatic nitrogens is 4. The Bertz CT molecular complexity index is 784. The summed E-state index contributed by atoms with van der Waals surface area (Å²) in [6.07, 6.45) is -0.876. The van der Waals surface area contributed by atoms with E-state index in [1.807, 2.05) is 0 Å². The minimum absolute atomic E-state index is 0. The molecule has 0 aliphatic carbocycles. The van der Waals surface area contributed by atoms with Crippen LogP contribution in [0.2, 0.25) is 0 Å². The Morgan fingerprint density at radius 2 is 2.19 bits per heavy atom. The molecular weight excluding hydrogens is 395 g/mol. The van der Waals surface area contributed by atoms with E-state index < -0.39 is 35.2 Å². The third-order valence-electron chi connectivity index (χ3n) is 3.70. The number of β-lactam (4-membered cyclic amide) rings is 1. The number of carbonyl (C=O) groups excluding carboxylic acids is 3. The summed E-state index contributed by atoms with van der Waals surface area (Å²) < 4.78 is 1.20. The Morgan fingerprint density at radius 1 is 1.50 bits per heavy atom. The summed E-state index contributed by atoms with van der Waals surface area (Å²) in [5, 5.41) is 31.8. The Morgan fingerprint density at radius 3 is 2.77 bits per heavy atom. The predicted octanol–water partition coefficient (Wildman–Crippen LogP) is -5.87. The number of aliphatic hydroxyl groups is 1. The first-order chi connectivity index (χ1) is 11.8. The summed E-state index contributed by atoms with van der Waals surface area (Å²) in [6.45, 7) is 1.29. The number of tetrazole rings is 1. The van der Waals surface area contributed by atoms with Crippen LogP contribution in [0.1, 0.15) is 6.92 Å². The molecule has 1 aromatic rings. The van der Waals surface area contributed by atoms with Crippen LogP contribution in [0.4, 0.5) is 0 Å². The molecule has 0 radical (unpaired) electrons. The fourth-order valence-corrected chi connectivity index (χ4v) is 5.20. The van der Waals surface area contributed by atoms with Crippen molar-refractivity contribution < 1.29 is 54.2 Å². The Hall–Kier alpha value is -1.12. The van der Waals surface area contributed by atoms with Crippen LogP contribution in [0.15, 0.2) is 15.8 Å². The van der Waals surface area contributed by atoms with E-state index in [4.69, 9.17) is 5.73 Å². The van der Waals surface area contributed by atoms with Crippen LogP contribution in [0.25, 0.3) is 0 Å². The van der Waals surface area contributed by atoms with Crippen molar-refractivity contribution in [3.63, 3.8) is 0 Å². The summed E-state index contributed by atoms with van der Waals surface area (Å²) in [4.78, 5) is 36.1. The molecule has 26 heavy (non-hydrogen) atoms. The zero-order chi connectivity index (χ0) is 18.3. The second kappa shape index (κ2) is 8.27. The zero-order valence-electron chi connectivity index (χ0n) is 13.9. The first kappa shape index (κ1) is 21.2. The molecule has 3 N–H and O–H groups in total. The van der Waals surface area contributed by atoms with Gasteiger partial charge in [-0.25, -0.2) is 4.68 Å². The number of nitrogens with zero attached hydrogens (tertiary/aromatic N) is 5. The van der Waals surface area contributed by atoms with Gasteiger partial charge >= 0.3 is 29.6 Å². The monoisotopic (exact) mass is 408 g/mol. The van der Waals surface area contributed by atoms with Crippen LogP contribution < -0.4 is 40.4 Å². The van der Waals surface area contributed by atoms with Crippen LogP contribution in [-0.4, -0.2) is 65.2 Å². The molecule has 3 heterocycles. The number of hydrogen-bond donors (Lipinski definition) is 2. The maximum atomic E-state index is 12.1. The van der Waals surface area contributed by atoms with Crippen molar-refractivity contribution in [2.45, 2.75) is 30.1 Å². The number of aliphatic carboxylic acids is 1. The van der Waals surface area contributed by atoms with E-state index in [0.29, 0.717) is 4.91 Å². The van der Waals surface area contributed by atoms with Crippen LogP contribution in [0, 0.1) is 5.92 Å². The second-order valence-electron chi connectivity index (χ2n) is 5.42. The maximum Gasteiger partial charge on any atom is 1.00 e. The van der Waals surface area contributed by atoms with Gasteiger partial charge in [0.2, 0.25) is 17.0 Å². The summed E-state index contributed by atoms with van der Waals surface area (Å²) in [5.41, 5.74) is 4.91. The fraction of sp³-hybridized carbons (Fsp3) is 0.500. The van der Waals surface area contributed by atoms with Gasteiger partial charge in [0.05, 0.1) is 23.7 Å². The molecule has 1 fully saturated rings. The molecule has 1 saturated heterocycles. The molecule has 134 valence electrons. The first-order valence-electron chi connectivity index (χ1n) is 7.10. The van der Waals surface area contributed by atoms with Crippen LogP contribution in [-0.2, 0) is 20.9 Å². The van der Waals surface area contributed by atoms with Crippen molar-refractivity contribution in [2.24, 2.45) is 11.7 Å². The summed E-state index contributed by atoms with van der Waals surface area (Å²) in [5.74, 6) is -3.00. The number of nitrogens with two attached hydrogens (primary N) is 1. The van der Waals surface area contributed by atoms with Gasteiger partial charge in [-0.05, 0) is 17.4 Å². The number of rotatable bonds is 7. The van der Waals surface area contributed by atoms with Crippen molar-refractivity contribution in [2.75, 3.05) is 5.75 Å². The van der Waals surface area contributed by atoms with Gasteiger partial charge in [-0.2, -0.15) is 0 Å². The van der Waals surface area contributed by atoms with Crippen molar-refractivity contribution in [1.29, 1.82) is 0 Å². The number of carbonyl (C=O) groups is 3. The standard InChI is InChI=1S/C12H14N6O5S2.Na/c1-4(19)7-9(21)18-8(11(22)23)5(25-10(7)18)3-24-12-14-15-16-17(12)2-6(13)20;/h4,7,10,19H,2-3H2,1H3,(H2,13,20)(H,22,23);/q;+1/p-1/t4?,7-,10-;/m1./s1. The number of aliphatic hydroxyl groups excluding tert-OH is 1. The third-order valence-corrected chi connectivity index (χ3v) is 6.24. The van der Waals surface area contributed by atoms with Gasteiger partial charge in [0.25, 0.3) is 0 Å². The number of fused-ring (bicyclic) bond motifs is 1. The Kier molecular flexibility index (Phi) is 6.74. The Balaban J connectivity index is 0.00000243. The molecule has 0 aromatic carbocycles. The van der Waals surface area contributed by atoms with Crippen molar-refractivity contribution in [3.8, 4) is 0 Å². The molecule has 1 aromatic heterocycles. The van der Waals surface area contributed by atoms with E-state index >= 15 is 0 Å². The van der Waals surface area contributed by atoms with Crippen LogP contribution in [0.3, 0.4) is 0 Å². The minimum atomic E-state index is -1.46. The van der Waals surface area contributed by atoms with Crippen LogP contribution in [0.5, 0.6) is 0 Å². The fourth-order valence-electron chi connectivity index (χ4n) is 2.62. The normalized spacial score (nSPS) is 22.5.